The maximum atomic E-state index is 13.8. The van der Waals surface area contributed by atoms with Gasteiger partial charge in [0.05, 0.1) is 13.4 Å². The molecule has 1 amide bonds. The minimum absolute atomic E-state index is 0.152. The number of nitrogens with zero attached hydrogens (tertiary/aromatic N) is 1. The summed E-state index contributed by atoms with van der Waals surface area (Å²) in [5.74, 6) is 0.136. The summed E-state index contributed by atoms with van der Waals surface area (Å²) in [4.78, 5) is 12.1. The summed E-state index contributed by atoms with van der Waals surface area (Å²) in [6, 6.07) is 17.6. The molecule has 7 heteroatoms. The Morgan fingerprint density at radius 2 is 1.76 bits per heavy atom. The number of hydrogen-bond donors (Lipinski definition) is 1. The number of nitrogens with one attached hydrogen (secondary N) is 1. The molecule has 0 saturated heterocycles. The third-order valence-electron chi connectivity index (χ3n) is 4.04. The van der Waals surface area contributed by atoms with Crippen molar-refractivity contribution in [3.05, 3.63) is 95.9 Å². The van der Waals surface area contributed by atoms with E-state index in [4.69, 9.17) is 4.74 Å². The molecule has 3 aromatic rings. The Morgan fingerprint density at radius 1 is 1.10 bits per heavy atom. The zero-order valence-electron chi connectivity index (χ0n) is 15.5. The van der Waals surface area contributed by atoms with Gasteiger partial charge in [0.1, 0.15) is 18.2 Å². The van der Waals surface area contributed by atoms with Gasteiger partial charge in [0.2, 0.25) is 0 Å². The van der Waals surface area contributed by atoms with Crippen molar-refractivity contribution in [1.82, 2.24) is 5.43 Å². The lowest BCUT2D eigenvalue weighted by molar-refractivity contribution is 0.0955. The highest BCUT2D eigenvalue weighted by molar-refractivity contribution is 14.1. The smallest absolute Gasteiger partial charge is 0.271 e. The lowest BCUT2D eigenvalue weighted by Gasteiger charge is -2.12. The number of aryl methyl sites for hydroxylation is 1. The van der Waals surface area contributed by atoms with E-state index in [0.717, 1.165) is 18.3 Å². The molecule has 0 heterocycles. The van der Waals surface area contributed by atoms with Crippen molar-refractivity contribution in [3.63, 3.8) is 0 Å². The molecule has 0 unspecified atom stereocenters. The van der Waals surface area contributed by atoms with Crippen LogP contribution in [0, 0.1) is 19.9 Å². The summed E-state index contributed by atoms with van der Waals surface area (Å²) in [5.41, 5.74) is 5.49. The molecule has 0 aromatic heterocycles. The van der Waals surface area contributed by atoms with Gasteiger partial charge in [-0.3, -0.25) is 4.79 Å². The number of ether oxygens (including phenoxy) is 1. The van der Waals surface area contributed by atoms with Gasteiger partial charge < -0.3 is 4.74 Å². The average Bonchev–Trinajstić information content (AvgIpc) is 2.69. The molecular weight excluding hydrogens is 597 g/mol. The van der Waals surface area contributed by atoms with Crippen LogP contribution in [0.25, 0.3) is 0 Å². The molecule has 0 aliphatic heterocycles. The van der Waals surface area contributed by atoms with Gasteiger partial charge in [-0.2, -0.15) is 5.10 Å². The molecule has 0 atom stereocenters. The summed E-state index contributed by atoms with van der Waals surface area (Å²) < 4.78 is 21.3. The van der Waals surface area contributed by atoms with Gasteiger partial charge >= 0.3 is 0 Å². The van der Waals surface area contributed by atoms with Crippen molar-refractivity contribution in [2.45, 2.75) is 13.5 Å². The molecule has 0 fully saturated rings. The van der Waals surface area contributed by atoms with E-state index in [1.165, 1.54) is 6.07 Å². The lowest BCUT2D eigenvalue weighted by Crippen LogP contribution is -2.17. The fourth-order valence-electron chi connectivity index (χ4n) is 2.49. The Kier molecular flexibility index (Phi) is 7.59. The van der Waals surface area contributed by atoms with E-state index in [1.54, 1.807) is 36.5 Å². The van der Waals surface area contributed by atoms with Gasteiger partial charge in [-0.1, -0.05) is 35.9 Å². The summed E-state index contributed by atoms with van der Waals surface area (Å²) in [7, 11) is 0. The molecule has 3 aromatic carbocycles. The van der Waals surface area contributed by atoms with Crippen molar-refractivity contribution in [2.24, 2.45) is 5.10 Å². The number of halogens is 3. The second-order valence-corrected chi connectivity index (χ2v) is 8.58. The van der Waals surface area contributed by atoms with Crippen molar-refractivity contribution in [3.8, 4) is 5.75 Å². The first-order chi connectivity index (χ1) is 13.9. The summed E-state index contributed by atoms with van der Waals surface area (Å²) in [6.45, 7) is 2.12. The van der Waals surface area contributed by atoms with Crippen LogP contribution in [0.2, 0.25) is 0 Å². The molecule has 0 aliphatic rings. The number of hydrogen-bond acceptors (Lipinski definition) is 3. The highest BCUT2D eigenvalue weighted by Crippen LogP contribution is 2.29. The summed E-state index contributed by atoms with van der Waals surface area (Å²) in [5, 5.41) is 4.04. The average molecular weight is 614 g/mol. The quantitative estimate of drug-likeness (QED) is 0.221. The third kappa shape index (κ3) is 5.99. The number of carbonyl (C=O) groups excluding carboxylic acids is 1. The van der Waals surface area contributed by atoms with Crippen molar-refractivity contribution in [1.29, 1.82) is 0 Å². The number of amides is 1. The molecule has 0 bridgehead atoms. The van der Waals surface area contributed by atoms with E-state index in [1.807, 2.05) is 31.2 Å². The molecule has 0 aliphatic carbocycles. The standard InChI is InChI=1S/C22H17FI2N2O2/c1-14-6-8-16(9-7-14)22(28)27-26-12-15-10-19(24)21(20(25)11-15)29-13-17-4-2-3-5-18(17)23/h2-12H,13H2,1H3,(H,27,28)/b26-12+. The van der Waals surface area contributed by atoms with Gasteiger partial charge in [0.15, 0.2) is 0 Å². The molecule has 3 rings (SSSR count). The largest absolute Gasteiger partial charge is 0.487 e. The van der Waals surface area contributed by atoms with Crippen molar-refractivity contribution in [2.75, 3.05) is 0 Å². The number of benzene rings is 3. The van der Waals surface area contributed by atoms with Gasteiger partial charge in [-0.25, -0.2) is 9.82 Å². The fraction of sp³-hybridized carbons (Fsp3) is 0.0909. The molecule has 29 heavy (non-hydrogen) atoms. The topological polar surface area (TPSA) is 50.7 Å². The molecule has 1 N–H and O–H groups in total. The van der Waals surface area contributed by atoms with Crippen LogP contribution in [0.5, 0.6) is 5.75 Å². The molecule has 0 radical (unpaired) electrons. The molecule has 0 spiro atoms. The highest BCUT2D eigenvalue weighted by Gasteiger charge is 2.10. The zero-order chi connectivity index (χ0) is 20.8. The Morgan fingerprint density at radius 3 is 2.41 bits per heavy atom. The van der Waals surface area contributed by atoms with E-state index in [0.29, 0.717) is 16.9 Å². The second-order valence-electron chi connectivity index (χ2n) is 6.26. The number of carbonyl (C=O) groups is 1. The number of rotatable bonds is 6. The lowest BCUT2D eigenvalue weighted by atomic mass is 10.1. The molecule has 0 saturated carbocycles. The van der Waals surface area contributed by atoms with Crippen LogP contribution in [0.15, 0.2) is 65.8 Å². The predicted octanol–water partition coefficient (Wildman–Crippen LogP) is 5.69. The first kappa shape index (κ1) is 21.7. The zero-order valence-corrected chi connectivity index (χ0v) is 19.8. The van der Waals surface area contributed by atoms with Gasteiger partial charge in [-0.15, -0.1) is 0 Å². The van der Waals surface area contributed by atoms with Gasteiger partial charge in [0.25, 0.3) is 5.91 Å². The maximum Gasteiger partial charge on any atom is 0.271 e. The van der Waals surface area contributed by atoms with Crippen LogP contribution in [-0.4, -0.2) is 12.1 Å². The van der Waals surface area contributed by atoms with E-state index in [2.05, 4.69) is 55.7 Å². The fourth-order valence-corrected chi connectivity index (χ4v) is 4.62. The van der Waals surface area contributed by atoms with Crippen LogP contribution >= 0.6 is 45.2 Å². The van der Waals surface area contributed by atoms with Crippen LogP contribution in [0.1, 0.15) is 27.0 Å². The Bertz CT molecular complexity index is 1030. The second kappa shape index (κ2) is 10.1. The Balaban J connectivity index is 1.65. The number of hydrazone groups is 1. The minimum atomic E-state index is -0.286. The summed E-state index contributed by atoms with van der Waals surface area (Å²) in [6.07, 6.45) is 1.58. The van der Waals surface area contributed by atoms with E-state index >= 15 is 0 Å². The Labute approximate surface area is 195 Å². The minimum Gasteiger partial charge on any atom is -0.487 e. The maximum absolute atomic E-state index is 13.8. The van der Waals surface area contributed by atoms with E-state index in [-0.39, 0.29) is 18.3 Å². The molecule has 4 nitrogen and oxygen atoms in total. The highest BCUT2D eigenvalue weighted by atomic mass is 127. The van der Waals surface area contributed by atoms with E-state index in [9.17, 15) is 9.18 Å². The van der Waals surface area contributed by atoms with Crippen LogP contribution in [0.3, 0.4) is 0 Å². The van der Waals surface area contributed by atoms with Crippen molar-refractivity contribution >= 4 is 57.3 Å². The SMILES string of the molecule is Cc1ccc(C(=O)N/N=C/c2cc(I)c(OCc3ccccc3F)c(I)c2)cc1. The molecular formula is C22H17FI2N2O2. The Hall–Kier alpha value is -2.01. The van der Waals surface area contributed by atoms with Crippen LogP contribution in [-0.2, 0) is 6.61 Å². The predicted molar refractivity (Wildman–Crippen MR) is 129 cm³/mol. The van der Waals surface area contributed by atoms with E-state index < -0.39 is 0 Å². The van der Waals surface area contributed by atoms with Crippen molar-refractivity contribution < 1.29 is 13.9 Å². The first-order valence-corrected chi connectivity index (χ1v) is 10.8. The van der Waals surface area contributed by atoms with Gasteiger partial charge in [0, 0.05) is 11.1 Å². The normalized spacial score (nSPS) is 10.9. The summed E-state index contributed by atoms with van der Waals surface area (Å²) >= 11 is 4.34. The monoisotopic (exact) mass is 614 g/mol. The van der Waals surface area contributed by atoms with Crippen LogP contribution < -0.4 is 10.2 Å². The molecule has 148 valence electrons. The van der Waals surface area contributed by atoms with Crippen LogP contribution in [0.4, 0.5) is 4.39 Å². The van der Waals surface area contributed by atoms with Gasteiger partial charge in [-0.05, 0) is 88.0 Å². The third-order valence-corrected chi connectivity index (χ3v) is 5.65. The first-order valence-electron chi connectivity index (χ1n) is 8.69.